The van der Waals surface area contributed by atoms with E-state index in [-0.39, 0.29) is 31.4 Å². The van der Waals surface area contributed by atoms with Crippen LogP contribution in [0.2, 0.25) is 0 Å². The molecule has 1 aromatic carbocycles. The molecule has 1 aliphatic rings. The lowest BCUT2D eigenvalue weighted by Crippen LogP contribution is -2.22. The molecule has 0 bridgehead atoms. The van der Waals surface area contributed by atoms with Gasteiger partial charge in [-0.15, -0.1) is 0 Å². The predicted octanol–water partition coefficient (Wildman–Crippen LogP) is 7.43. The molecular formula is C34H49FO5. The first-order valence-electron chi connectivity index (χ1n) is 14.9. The maximum Gasteiger partial charge on any atom is 0.335 e. The number of aliphatic hydroxyl groups excluding tert-OH is 1. The molecule has 0 spiro atoms. The second kappa shape index (κ2) is 19.4. The highest BCUT2D eigenvalue weighted by Crippen LogP contribution is 2.35. The summed E-state index contributed by atoms with van der Waals surface area (Å²) in [6.45, 7) is 7.76. The van der Waals surface area contributed by atoms with Gasteiger partial charge >= 0.3 is 5.97 Å². The van der Waals surface area contributed by atoms with Crippen LogP contribution in [0, 0.1) is 23.7 Å². The SMILES string of the molecule is C=C(CO)C(=O)OCC(COC=O)Cc1ccc(C(/C=C\C(C)CCC2CCC(CCCCF)CC2)=C/C)cc1. The Kier molecular flexibility index (Phi) is 16.2. The molecule has 0 aromatic heterocycles. The number of aliphatic hydroxyl groups is 1. The molecule has 2 atom stereocenters. The second-order valence-electron chi connectivity index (χ2n) is 11.3. The fourth-order valence-corrected chi connectivity index (χ4v) is 5.43. The third-order valence-electron chi connectivity index (χ3n) is 8.05. The van der Waals surface area contributed by atoms with Crippen LogP contribution in [0.4, 0.5) is 4.39 Å². The molecule has 1 fully saturated rings. The number of alkyl halides is 1. The summed E-state index contributed by atoms with van der Waals surface area (Å²) in [6, 6.07) is 8.27. The van der Waals surface area contributed by atoms with Gasteiger partial charge in [-0.05, 0) is 67.1 Å². The van der Waals surface area contributed by atoms with Crippen LogP contribution < -0.4 is 0 Å². The molecule has 0 radical (unpaired) electrons. The number of carbonyl (C=O) groups excluding carboxylic acids is 2. The minimum atomic E-state index is -0.651. The van der Waals surface area contributed by atoms with Gasteiger partial charge in [-0.25, -0.2) is 4.79 Å². The van der Waals surface area contributed by atoms with Crippen molar-refractivity contribution in [2.75, 3.05) is 26.5 Å². The minimum Gasteiger partial charge on any atom is -0.467 e. The number of ether oxygens (including phenoxy) is 2. The predicted molar refractivity (Wildman–Crippen MR) is 159 cm³/mol. The van der Waals surface area contributed by atoms with Gasteiger partial charge < -0.3 is 14.6 Å². The zero-order valence-electron chi connectivity index (χ0n) is 24.5. The molecule has 6 heteroatoms. The van der Waals surface area contributed by atoms with E-state index in [2.05, 4.69) is 43.9 Å². The number of halogens is 1. The number of unbranched alkanes of at least 4 members (excludes halogenated alkanes) is 1. The van der Waals surface area contributed by atoms with E-state index in [0.717, 1.165) is 35.8 Å². The Labute approximate surface area is 240 Å². The molecule has 0 heterocycles. The average molecular weight is 557 g/mol. The van der Waals surface area contributed by atoms with Crippen molar-refractivity contribution >= 4 is 18.0 Å². The Morgan fingerprint density at radius 3 is 2.38 bits per heavy atom. The van der Waals surface area contributed by atoms with Crippen LogP contribution in [0.15, 0.2) is 54.6 Å². The highest BCUT2D eigenvalue weighted by molar-refractivity contribution is 5.87. The molecule has 5 nitrogen and oxygen atoms in total. The zero-order chi connectivity index (χ0) is 29.2. The monoisotopic (exact) mass is 556 g/mol. The lowest BCUT2D eigenvalue weighted by molar-refractivity contribution is -0.142. The molecular weight excluding hydrogens is 507 g/mol. The Morgan fingerprint density at radius 1 is 1.10 bits per heavy atom. The second-order valence-corrected chi connectivity index (χ2v) is 11.3. The van der Waals surface area contributed by atoms with Gasteiger partial charge in [0.15, 0.2) is 0 Å². The Balaban J connectivity index is 1.83. The van der Waals surface area contributed by atoms with Gasteiger partial charge in [0, 0.05) is 5.92 Å². The Bertz CT molecular complexity index is 944. The third-order valence-corrected chi connectivity index (χ3v) is 8.05. The van der Waals surface area contributed by atoms with Crippen molar-refractivity contribution in [3.8, 4) is 0 Å². The molecule has 2 rings (SSSR count). The minimum absolute atomic E-state index is 0.00871. The number of esters is 1. The summed E-state index contributed by atoms with van der Waals surface area (Å²) >= 11 is 0. The van der Waals surface area contributed by atoms with E-state index in [1.54, 1.807) is 0 Å². The molecule has 0 amide bonds. The van der Waals surface area contributed by atoms with Gasteiger partial charge in [0.1, 0.15) is 0 Å². The summed E-state index contributed by atoms with van der Waals surface area (Å²) < 4.78 is 22.5. The first-order valence-corrected chi connectivity index (χ1v) is 14.9. The third kappa shape index (κ3) is 12.6. The molecule has 1 N–H and O–H groups in total. The van der Waals surface area contributed by atoms with E-state index in [0.29, 0.717) is 18.8 Å². The van der Waals surface area contributed by atoms with Gasteiger partial charge in [-0.3, -0.25) is 9.18 Å². The van der Waals surface area contributed by atoms with Gasteiger partial charge in [-0.1, -0.05) is 94.5 Å². The van der Waals surface area contributed by atoms with Crippen LogP contribution >= 0.6 is 0 Å². The highest BCUT2D eigenvalue weighted by Gasteiger charge is 2.21. The lowest BCUT2D eigenvalue weighted by atomic mass is 9.77. The van der Waals surface area contributed by atoms with Gasteiger partial charge in [0.2, 0.25) is 0 Å². The van der Waals surface area contributed by atoms with Crippen LogP contribution in [0.5, 0.6) is 0 Å². The van der Waals surface area contributed by atoms with Crippen LogP contribution in [-0.2, 0) is 25.5 Å². The first kappa shape index (κ1) is 33.5. The number of hydrogen-bond acceptors (Lipinski definition) is 5. The van der Waals surface area contributed by atoms with Gasteiger partial charge in [0.25, 0.3) is 6.47 Å². The van der Waals surface area contributed by atoms with Gasteiger partial charge in [-0.2, -0.15) is 0 Å². The molecule has 0 aliphatic heterocycles. The van der Waals surface area contributed by atoms with Crippen LogP contribution in [0.1, 0.15) is 82.8 Å². The molecule has 1 saturated carbocycles. The normalized spacial score (nSPS) is 19.2. The Hall–Kier alpha value is -2.73. The topological polar surface area (TPSA) is 72.8 Å². The maximum absolute atomic E-state index is 12.3. The quantitative estimate of drug-likeness (QED) is 0.0631. The van der Waals surface area contributed by atoms with E-state index < -0.39 is 12.6 Å². The summed E-state index contributed by atoms with van der Waals surface area (Å²) in [6.07, 6.45) is 18.0. The summed E-state index contributed by atoms with van der Waals surface area (Å²) in [5.74, 6) is 1.31. The van der Waals surface area contributed by atoms with Crippen molar-refractivity contribution in [3.63, 3.8) is 0 Å². The number of hydrogen-bond donors (Lipinski definition) is 1. The highest BCUT2D eigenvalue weighted by atomic mass is 19.1. The fourth-order valence-electron chi connectivity index (χ4n) is 5.43. The lowest BCUT2D eigenvalue weighted by Gasteiger charge is -2.29. The first-order chi connectivity index (χ1) is 19.4. The number of benzene rings is 1. The van der Waals surface area contributed by atoms with E-state index >= 15 is 0 Å². The summed E-state index contributed by atoms with van der Waals surface area (Å²) in [5, 5.41) is 9.03. The van der Waals surface area contributed by atoms with Crippen molar-refractivity contribution in [2.45, 2.75) is 78.1 Å². The summed E-state index contributed by atoms with van der Waals surface area (Å²) in [4.78, 5) is 22.5. The number of carbonyl (C=O) groups is 2. The van der Waals surface area contributed by atoms with Crippen molar-refractivity contribution in [3.05, 3.63) is 65.8 Å². The largest absolute Gasteiger partial charge is 0.467 e. The summed E-state index contributed by atoms with van der Waals surface area (Å²) in [7, 11) is 0. The van der Waals surface area contributed by atoms with Crippen molar-refractivity contribution in [1.82, 2.24) is 0 Å². The molecule has 1 aliphatic carbocycles. The van der Waals surface area contributed by atoms with E-state index in [1.807, 2.05) is 19.1 Å². The number of rotatable bonds is 19. The molecule has 40 heavy (non-hydrogen) atoms. The summed E-state index contributed by atoms with van der Waals surface area (Å²) in [5.41, 5.74) is 3.34. The maximum atomic E-state index is 12.3. The van der Waals surface area contributed by atoms with Gasteiger partial charge in [0.05, 0.1) is 32.1 Å². The van der Waals surface area contributed by atoms with E-state index in [1.165, 1.54) is 50.5 Å². The van der Waals surface area contributed by atoms with Crippen molar-refractivity contribution in [2.24, 2.45) is 23.7 Å². The van der Waals surface area contributed by atoms with Crippen LogP contribution in [0.25, 0.3) is 5.57 Å². The number of allylic oxidation sites excluding steroid dienone is 4. The molecule has 0 saturated heterocycles. The van der Waals surface area contributed by atoms with E-state index in [9.17, 15) is 14.0 Å². The Morgan fingerprint density at radius 2 is 1.77 bits per heavy atom. The van der Waals surface area contributed by atoms with Crippen molar-refractivity contribution in [1.29, 1.82) is 0 Å². The molecule has 1 aromatic rings. The van der Waals surface area contributed by atoms with E-state index in [4.69, 9.17) is 14.6 Å². The van der Waals surface area contributed by atoms with Crippen LogP contribution in [-0.4, -0.2) is 44.0 Å². The van der Waals surface area contributed by atoms with Crippen LogP contribution in [0.3, 0.4) is 0 Å². The average Bonchev–Trinajstić information content (AvgIpc) is 2.98. The molecule has 222 valence electrons. The zero-order valence-corrected chi connectivity index (χ0v) is 24.5. The fraction of sp³-hybridized carbons (Fsp3) is 0.588. The molecule has 2 unspecified atom stereocenters. The van der Waals surface area contributed by atoms with Crippen molar-refractivity contribution < 1.29 is 28.6 Å². The smallest absolute Gasteiger partial charge is 0.335 e. The standard InChI is InChI=1S/C34H49FO5/c1-4-32(17-9-26(2)8-10-29-13-11-28(12-14-29)7-5-6-20-35)33-18-15-30(16-19-33)21-31(23-39-25-37)24-40-34(38)27(3)22-36/h4,9,15-19,25-26,28-29,31,36H,3,5-8,10-14,20-24H2,1-2H3/b17-9-,32-4+.